The van der Waals surface area contributed by atoms with Gasteiger partial charge in [-0.2, -0.15) is 0 Å². The lowest BCUT2D eigenvalue weighted by molar-refractivity contribution is 0.417. The van der Waals surface area contributed by atoms with Gasteiger partial charge in [0, 0.05) is 7.05 Å². The summed E-state index contributed by atoms with van der Waals surface area (Å²) in [7, 11) is -0.410. The number of benzene rings is 1. The number of nitrogens with zero attached hydrogens (tertiary/aromatic N) is 1. The highest BCUT2D eigenvalue weighted by molar-refractivity contribution is 7.92. The summed E-state index contributed by atoms with van der Waals surface area (Å²) in [5, 5.41) is 0. The molecule has 1 rings (SSSR count). The van der Waals surface area contributed by atoms with Gasteiger partial charge in [0.15, 0.2) is 5.75 Å². The minimum Gasteiger partial charge on any atom is -0.492 e. The van der Waals surface area contributed by atoms with Gasteiger partial charge in [-0.1, -0.05) is 20.8 Å². The first-order chi connectivity index (χ1) is 8.48. The summed E-state index contributed by atoms with van der Waals surface area (Å²) in [4.78, 5) is 0. The van der Waals surface area contributed by atoms with Crippen molar-refractivity contribution in [2.75, 3.05) is 30.5 Å². The van der Waals surface area contributed by atoms with Crippen LogP contribution in [0.1, 0.15) is 26.3 Å². The second-order valence-electron chi connectivity index (χ2n) is 5.60. The molecule has 0 aliphatic rings. The molecule has 0 amide bonds. The number of nitrogen functional groups attached to an aromatic ring is 1. The van der Waals surface area contributed by atoms with Crippen LogP contribution < -0.4 is 14.8 Å². The third kappa shape index (κ3) is 3.32. The highest BCUT2D eigenvalue weighted by Gasteiger charge is 2.23. The number of rotatable bonds is 3. The lowest BCUT2D eigenvalue weighted by Crippen LogP contribution is -2.26. The van der Waals surface area contributed by atoms with Crippen LogP contribution in [-0.4, -0.2) is 28.8 Å². The fraction of sp³-hybridized carbons (Fsp3) is 0.538. The van der Waals surface area contributed by atoms with Crippen LogP contribution in [0.4, 0.5) is 11.4 Å². The van der Waals surface area contributed by atoms with Gasteiger partial charge in [-0.25, -0.2) is 8.42 Å². The maximum atomic E-state index is 11.7. The molecule has 0 aliphatic carbocycles. The standard InChI is InChI=1S/C13H22N2O3S/c1-13(2,3)9-7-10(14)12(18-5)11(8-9)15(4)19(6,16)17/h7-8H,14H2,1-6H3. The van der Waals surface area contributed by atoms with Gasteiger partial charge >= 0.3 is 0 Å². The summed E-state index contributed by atoms with van der Waals surface area (Å²) in [5.74, 6) is 0.376. The second-order valence-corrected chi connectivity index (χ2v) is 7.61. The fourth-order valence-electron chi connectivity index (χ4n) is 1.70. The molecule has 0 unspecified atom stereocenters. The third-order valence-corrected chi connectivity index (χ3v) is 4.20. The number of ether oxygens (including phenoxy) is 1. The molecule has 1 aromatic carbocycles. The Hall–Kier alpha value is -1.43. The van der Waals surface area contributed by atoms with Crippen molar-refractivity contribution in [1.29, 1.82) is 0 Å². The molecule has 0 saturated heterocycles. The number of anilines is 2. The van der Waals surface area contributed by atoms with Crippen LogP contribution in [0.15, 0.2) is 12.1 Å². The fourth-order valence-corrected chi connectivity index (χ4v) is 2.20. The highest BCUT2D eigenvalue weighted by Crippen LogP contribution is 2.39. The van der Waals surface area contributed by atoms with Crippen molar-refractivity contribution in [3.8, 4) is 5.75 Å². The third-order valence-electron chi connectivity index (χ3n) is 3.00. The molecule has 19 heavy (non-hydrogen) atoms. The van der Waals surface area contributed by atoms with Gasteiger partial charge in [-0.05, 0) is 23.1 Å². The van der Waals surface area contributed by atoms with E-state index in [1.807, 2.05) is 26.8 Å². The van der Waals surface area contributed by atoms with E-state index in [-0.39, 0.29) is 5.41 Å². The van der Waals surface area contributed by atoms with Crippen LogP contribution in [0.3, 0.4) is 0 Å². The molecule has 0 fully saturated rings. The summed E-state index contributed by atoms with van der Waals surface area (Å²) < 4.78 is 29.8. The summed E-state index contributed by atoms with van der Waals surface area (Å²) in [6.07, 6.45) is 1.15. The molecule has 5 nitrogen and oxygen atoms in total. The first kappa shape index (κ1) is 15.6. The quantitative estimate of drug-likeness (QED) is 0.862. The lowest BCUT2D eigenvalue weighted by Gasteiger charge is -2.26. The molecule has 0 spiro atoms. The first-order valence-corrected chi connectivity index (χ1v) is 7.75. The number of nitrogens with two attached hydrogens (primary N) is 1. The Bertz CT molecular complexity index is 574. The van der Waals surface area contributed by atoms with Crippen molar-refractivity contribution in [2.45, 2.75) is 26.2 Å². The molecule has 2 N–H and O–H groups in total. The summed E-state index contributed by atoms with van der Waals surface area (Å²) in [6.45, 7) is 6.12. The Balaban J connectivity index is 3.57. The lowest BCUT2D eigenvalue weighted by atomic mass is 9.86. The van der Waals surface area contributed by atoms with E-state index in [0.717, 1.165) is 11.8 Å². The Morgan fingerprint density at radius 3 is 2.16 bits per heavy atom. The van der Waals surface area contributed by atoms with Crippen LogP contribution in [0.2, 0.25) is 0 Å². The number of methoxy groups -OCH3 is 1. The van der Waals surface area contributed by atoms with E-state index in [1.54, 1.807) is 6.07 Å². The Labute approximate surface area is 115 Å². The minimum absolute atomic E-state index is 0.131. The van der Waals surface area contributed by atoms with E-state index in [1.165, 1.54) is 18.5 Å². The van der Waals surface area contributed by atoms with Crippen LogP contribution in [0.25, 0.3) is 0 Å². The topological polar surface area (TPSA) is 72.6 Å². The van der Waals surface area contributed by atoms with E-state index in [4.69, 9.17) is 10.5 Å². The van der Waals surface area contributed by atoms with Crippen molar-refractivity contribution in [3.63, 3.8) is 0 Å². The van der Waals surface area contributed by atoms with Gasteiger partial charge < -0.3 is 10.5 Å². The molecule has 6 heteroatoms. The molecule has 0 atom stereocenters. The minimum atomic E-state index is -3.37. The van der Waals surface area contributed by atoms with Crippen LogP contribution in [-0.2, 0) is 15.4 Å². The molecule has 0 aliphatic heterocycles. The van der Waals surface area contributed by atoms with E-state index in [2.05, 4.69) is 0 Å². The van der Waals surface area contributed by atoms with Crippen molar-refractivity contribution < 1.29 is 13.2 Å². The normalized spacial score (nSPS) is 12.3. The number of hydrogen-bond donors (Lipinski definition) is 1. The SMILES string of the molecule is COc1c(N)cc(C(C)(C)C)cc1N(C)S(C)(=O)=O. The second kappa shape index (κ2) is 4.92. The van der Waals surface area contributed by atoms with Crippen molar-refractivity contribution in [2.24, 2.45) is 0 Å². The van der Waals surface area contributed by atoms with Crippen LogP contribution >= 0.6 is 0 Å². The Morgan fingerprint density at radius 1 is 1.26 bits per heavy atom. The molecule has 1 aromatic rings. The maximum absolute atomic E-state index is 11.7. The van der Waals surface area contributed by atoms with Gasteiger partial charge in [0.1, 0.15) is 0 Å². The molecule has 0 aromatic heterocycles. The van der Waals surface area contributed by atoms with E-state index < -0.39 is 10.0 Å². The largest absolute Gasteiger partial charge is 0.492 e. The molecular formula is C13H22N2O3S. The van der Waals surface area contributed by atoms with E-state index in [9.17, 15) is 8.42 Å². The molecule has 0 saturated carbocycles. The smallest absolute Gasteiger partial charge is 0.232 e. The zero-order chi connectivity index (χ0) is 15.0. The monoisotopic (exact) mass is 286 g/mol. The highest BCUT2D eigenvalue weighted by atomic mass is 32.2. The summed E-state index contributed by atoms with van der Waals surface area (Å²) in [6, 6.07) is 3.62. The van der Waals surface area contributed by atoms with Crippen LogP contribution in [0.5, 0.6) is 5.75 Å². The average molecular weight is 286 g/mol. The van der Waals surface area contributed by atoms with Crippen molar-refractivity contribution >= 4 is 21.4 Å². The van der Waals surface area contributed by atoms with E-state index in [0.29, 0.717) is 17.1 Å². The van der Waals surface area contributed by atoms with Gasteiger partial charge in [0.25, 0.3) is 0 Å². The molecule has 0 heterocycles. The number of hydrogen-bond acceptors (Lipinski definition) is 4. The van der Waals surface area contributed by atoms with E-state index >= 15 is 0 Å². The zero-order valence-electron chi connectivity index (χ0n) is 12.3. The summed E-state index contributed by atoms with van der Waals surface area (Å²) >= 11 is 0. The predicted octanol–water partition coefficient (Wildman–Crippen LogP) is 1.97. The molecular weight excluding hydrogens is 264 g/mol. The predicted molar refractivity (Wildman–Crippen MR) is 79.4 cm³/mol. The Kier molecular flexibility index (Phi) is 4.05. The molecule has 0 bridgehead atoms. The zero-order valence-corrected chi connectivity index (χ0v) is 13.1. The van der Waals surface area contributed by atoms with Crippen molar-refractivity contribution in [1.82, 2.24) is 0 Å². The average Bonchev–Trinajstić information content (AvgIpc) is 2.24. The maximum Gasteiger partial charge on any atom is 0.232 e. The van der Waals surface area contributed by atoms with Gasteiger partial charge in [-0.15, -0.1) is 0 Å². The molecule has 0 radical (unpaired) electrons. The van der Waals surface area contributed by atoms with Gasteiger partial charge in [0.05, 0.1) is 24.7 Å². The molecule has 108 valence electrons. The Morgan fingerprint density at radius 2 is 1.79 bits per heavy atom. The summed E-state index contributed by atoms with van der Waals surface area (Å²) in [5.41, 5.74) is 7.67. The van der Waals surface area contributed by atoms with Crippen molar-refractivity contribution in [3.05, 3.63) is 17.7 Å². The van der Waals surface area contributed by atoms with Crippen LogP contribution in [0, 0.1) is 0 Å². The number of sulfonamides is 1. The first-order valence-electron chi connectivity index (χ1n) is 5.90. The van der Waals surface area contributed by atoms with Gasteiger partial charge in [0.2, 0.25) is 10.0 Å². The van der Waals surface area contributed by atoms with Gasteiger partial charge in [-0.3, -0.25) is 4.31 Å².